The van der Waals surface area contributed by atoms with Crippen molar-refractivity contribution >= 4 is 28.7 Å². The van der Waals surface area contributed by atoms with Crippen molar-refractivity contribution in [2.45, 2.75) is 90.9 Å². The molecule has 0 bridgehead atoms. The van der Waals surface area contributed by atoms with Gasteiger partial charge in [-0.15, -0.1) is 0 Å². The molecular weight excluding hydrogens is 496 g/mol. The van der Waals surface area contributed by atoms with E-state index in [0.29, 0.717) is 0 Å². The van der Waals surface area contributed by atoms with E-state index in [1.165, 1.54) is 50.6 Å². The van der Waals surface area contributed by atoms with Crippen LogP contribution in [-0.4, -0.2) is 16.8 Å². The minimum absolute atomic E-state index is 0.0326. The van der Waals surface area contributed by atoms with Crippen LogP contribution in [0.4, 0.5) is 11.4 Å². The first kappa shape index (κ1) is 27.7. The number of halogens is 1. The molecule has 2 aromatic rings. The van der Waals surface area contributed by atoms with Gasteiger partial charge in [0.1, 0.15) is 6.54 Å². The summed E-state index contributed by atoms with van der Waals surface area (Å²) in [6.07, 6.45) is 13.5. The molecule has 0 spiro atoms. The number of nitrogens with zero attached hydrogens (tertiary/aromatic N) is 1. The van der Waals surface area contributed by atoms with Gasteiger partial charge in [-0.25, -0.2) is 0 Å². The van der Waals surface area contributed by atoms with Crippen LogP contribution in [0.1, 0.15) is 91.2 Å². The topological polar surface area (TPSA) is 15.0 Å². The predicted molar refractivity (Wildman–Crippen MR) is 169 cm³/mol. The Balaban J connectivity index is 1.54. The molecular formula is C36H44ClN2+. The Morgan fingerprint density at radius 3 is 2.33 bits per heavy atom. The van der Waals surface area contributed by atoms with Gasteiger partial charge >= 0.3 is 0 Å². The molecule has 2 heterocycles. The van der Waals surface area contributed by atoms with E-state index in [-0.39, 0.29) is 10.8 Å². The summed E-state index contributed by atoms with van der Waals surface area (Å²) in [6, 6.07) is 17.6. The molecule has 3 aliphatic rings. The Bertz CT molecular complexity index is 1430. The van der Waals surface area contributed by atoms with Gasteiger partial charge < -0.3 is 5.32 Å². The molecule has 0 saturated heterocycles. The summed E-state index contributed by atoms with van der Waals surface area (Å²) in [7, 11) is 0. The van der Waals surface area contributed by atoms with Crippen molar-refractivity contribution in [3.63, 3.8) is 0 Å². The third-order valence-corrected chi connectivity index (χ3v) is 9.35. The molecule has 2 nitrogen and oxygen atoms in total. The van der Waals surface area contributed by atoms with Gasteiger partial charge in [0.2, 0.25) is 5.69 Å². The Morgan fingerprint density at radius 2 is 1.62 bits per heavy atom. The molecule has 0 unspecified atom stereocenters. The highest BCUT2D eigenvalue weighted by atomic mass is 35.5. The first-order valence-corrected chi connectivity index (χ1v) is 15.2. The summed E-state index contributed by atoms with van der Waals surface area (Å²) in [6.45, 7) is 14.9. The lowest BCUT2D eigenvalue weighted by molar-refractivity contribution is -0.437. The zero-order valence-electron chi connectivity index (χ0n) is 24.6. The lowest BCUT2D eigenvalue weighted by Crippen LogP contribution is -2.27. The van der Waals surface area contributed by atoms with Crippen LogP contribution in [0.3, 0.4) is 0 Å². The first-order valence-electron chi connectivity index (χ1n) is 14.8. The molecule has 39 heavy (non-hydrogen) atoms. The summed E-state index contributed by atoms with van der Waals surface area (Å²) >= 11 is 7.27. The number of hydrogen-bond acceptors (Lipinski definition) is 1. The highest BCUT2D eigenvalue weighted by molar-refractivity contribution is 6.32. The maximum atomic E-state index is 7.27. The third-order valence-electron chi connectivity index (χ3n) is 8.88. The van der Waals surface area contributed by atoms with Crippen LogP contribution in [0.25, 0.3) is 0 Å². The van der Waals surface area contributed by atoms with Crippen LogP contribution in [-0.2, 0) is 10.8 Å². The quantitative estimate of drug-likeness (QED) is 0.346. The molecule has 3 heteroatoms. The van der Waals surface area contributed by atoms with Crippen molar-refractivity contribution in [1.29, 1.82) is 0 Å². The Morgan fingerprint density at radius 1 is 0.897 bits per heavy atom. The lowest BCUT2D eigenvalue weighted by Gasteiger charge is -2.24. The molecule has 0 aromatic heterocycles. The Labute approximate surface area is 240 Å². The summed E-state index contributed by atoms with van der Waals surface area (Å²) < 4.78 is 2.51. The zero-order chi connectivity index (χ0) is 27.8. The lowest BCUT2D eigenvalue weighted by atomic mass is 9.81. The van der Waals surface area contributed by atoms with Crippen LogP contribution in [0, 0.1) is 0 Å². The number of para-hydroxylation sites is 2. The Hall–Kier alpha value is -2.84. The van der Waals surface area contributed by atoms with Crippen LogP contribution < -0.4 is 5.32 Å². The number of hydrogen-bond donors (Lipinski definition) is 1. The molecule has 0 atom stereocenters. The van der Waals surface area contributed by atoms with E-state index in [2.05, 4.69) is 118 Å². The zero-order valence-corrected chi connectivity index (χ0v) is 25.4. The van der Waals surface area contributed by atoms with Gasteiger partial charge in [0.25, 0.3) is 0 Å². The minimum atomic E-state index is -0.0494. The van der Waals surface area contributed by atoms with Crippen molar-refractivity contribution < 1.29 is 4.58 Å². The second kappa shape index (κ2) is 11.0. The number of anilines is 1. The van der Waals surface area contributed by atoms with E-state index < -0.39 is 0 Å². The predicted octanol–water partition coefficient (Wildman–Crippen LogP) is 10.1. The summed E-state index contributed by atoms with van der Waals surface area (Å²) in [5.41, 5.74) is 11.9. The largest absolute Gasteiger partial charge is 0.358 e. The number of fused-ring (bicyclic) bond motifs is 2. The van der Waals surface area contributed by atoms with Gasteiger partial charge in [0, 0.05) is 46.0 Å². The maximum absolute atomic E-state index is 7.27. The van der Waals surface area contributed by atoms with E-state index in [1.807, 2.05) is 0 Å². The van der Waals surface area contributed by atoms with Crippen molar-refractivity contribution in [1.82, 2.24) is 0 Å². The van der Waals surface area contributed by atoms with Gasteiger partial charge in [-0.3, -0.25) is 0 Å². The molecule has 0 radical (unpaired) electrons. The van der Waals surface area contributed by atoms with Crippen LogP contribution in [0.2, 0.25) is 0 Å². The average Bonchev–Trinajstić information content (AvgIpc) is 3.30. The Kier molecular flexibility index (Phi) is 7.80. The highest BCUT2D eigenvalue weighted by Crippen LogP contribution is 2.45. The smallest absolute Gasteiger partial charge is 0.209 e. The fraction of sp³-hybridized carbons (Fsp3) is 0.417. The molecule has 5 rings (SSSR count). The van der Waals surface area contributed by atoms with Crippen LogP contribution in [0.15, 0.2) is 94.2 Å². The van der Waals surface area contributed by atoms with Crippen molar-refractivity contribution in [2.75, 3.05) is 11.9 Å². The van der Waals surface area contributed by atoms with E-state index in [9.17, 15) is 0 Å². The number of benzene rings is 2. The fourth-order valence-electron chi connectivity index (χ4n) is 6.67. The van der Waals surface area contributed by atoms with Crippen LogP contribution >= 0.6 is 11.6 Å². The SMILES string of the molecule is CCCC(C=C1Nc2ccccc2C1(C)C)=C1CCCC(C=CC2=[N+](CCC)c3ccccc3C2(C)C)=C1Cl. The van der Waals surface area contributed by atoms with Crippen LogP contribution in [0.5, 0.6) is 0 Å². The summed E-state index contributed by atoms with van der Waals surface area (Å²) in [5.74, 6) is 0. The highest BCUT2D eigenvalue weighted by Gasteiger charge is 2.43. The first-order chi connectivity index (χ1) is 18.7. The fourth-order valence-corrected chi connectivity index (χ4v) is 7.04. The monoisotopic (exact) mass is 539 g/mol. The van der Waals surface area contributed by atoms with Crippen molar-refractivity contribution in [2.24, 2.45) is 0 Å². The molecule has 0 fully saturated rings. The number of allylic oxidation sites excluding steroid dienone is 8. The number of rotatable bonds is 7. The standard InChI is InChI=1S/C36H43ClN2/c1-7-14-26(24-32-35(3,4)28-17-9-11-19-30(28)38-32)27-16-13-15-25(34(27)37)21-22-33-36(5,6)29-18-10-12-20-31(29)39(33)23-8-2/h9-12,17-22,24H,7-8,13-16,23H2,1-6H3/p+1. The van der Waals surface area contributed by atoms with E-state index in [1.54, 1.807) is 0 Å². The second-order valence-electron chi connectivity index (χ2n) is 12.3. The van der Waals surface area contributed by atoms with Gasteiger partial charge in [-0.2, -0.15) is 4.58 Å². The van der Waals surface area contributed by atoms with E-state index in [4.69, 9.17) is 11.6 Å². The maximum Gasteiger partial charge on any atom is 0.209 e. The third kappa shape index (κ3) is 4.97. The summed E-state index contributed by atoms with van der Waals surface area (Å²) in [5, 5.41) is 4.68. The summed E-state index contributed by atoms with van der Waals surface area (Å²) in [4.78, 5) is 0. The molecule has 0 amide bonds. The van der Waals surface area contributed by atoms with Gasteiger partial charge in [-0.1, -0.05) is 88.2 Å². The van der Waals surface area contributed by atoms with Crippen molar-refractivity contribution in [3.05, 3.63) is 105 Å². The molecule has 1 aliphatic carbocycles. The molecule has 0 saturated carbocycles. The number of nitrogens with one attached hydrogen (secondary N) is 1. The molecule has 1 N–H and O–H groups in total. The molecule has 2 aromatic carbocycles. The van der Waals surface area contributed by atoms with E-state index >= 15 is 0 Å². The molecule has 2 aliphatic heterocycles. The normalized spacial score (nSPS) is 22.0. The molecule has 204 valence electrons. The van der Waals surface area contributed by atoms with Gasteiger partial charge in [-0.05, 0) is 74.0 Å². The average molecular weight is 540 g/mol. The van der Waals surface area contributed by atoms with Gasteiger partial charge in [0.05, 0.1) is 5.41 Å². The second-order valence-corrected chi connectivity index (χ2v) is 12.7. The van der Waals surface area contributed by atoms with E-state index in [0.717, 1.165) is 50.1 Å². The minimum Gasteiger partial charge on any atom is -0.358 e. The van der Waals surface area contributed by atoms with Gasteiger partial charge in [0.15, 0.2) is 5.71 Å². The van der Waals surface area contributed by atoms with Crippen molar-refractivity contribution in [3.8, 4) is 0 Å².